The van der Waals surface area contributed by atoms with Gasteiger partial charge in [0.25, 0.3) is 0 Å². The summed E-state index contributed by atoms with van der Waals surface area (Å²) in [6, 6.07) is 14.5. The van der Waals surface area contributed by atoms with Gasteiger partial charge in [-0.15, -0.1) is 0 Å². The molecule has 6 nitrogen and oxygen atoms in total. The maximum absolute atomic E-state index is 12.6. The quantitative estimate of drug-likeness (QED) is 0.514. The molecule has 0 unspecified atom stereocenters. The second kappa shape index (κ2) is 10.7. The molecule has 164 valence electrons. The van der Waals surface area contributed by atoms with Crippen molar-refractivity contribution < 1.29 is 4.79 Å². The van der Waals surface area contributed by atoms with E-state index in [9.17, 15) is 4.79 Å². The van der Waals surface area contributed by atoms with Crippen molar-refractivity contribution >= 4 is 32.7 Å². The van der Waals surface area contributed by atoms with Crippen LogP contribution in [0.4, 0.5) is 5.13 Å². The number of carbonyl (C=O) groups is 1. The number of fused-ring (bicyclic) bond motifs is 1. The maximum Gasteiger partial charge on any atom is 0.223 e. The summed E-state index contributed by atoms with van der Waals surface area (Å²) in [5, 5.41) is 4.18. The number of nitrogens with zero attached hydrogens (tertiary/aromatic N) is 4. The molecule has 1 fully saturated rings. The summed E-state index contributed by atoms with van der Waals surface area (Å²) < 4.78 is 0. The van der Waals surface area contributed by atoms with E-state index in [4.69, 9.17) is 4.98 Å². The first-order chi connectivity index (χ1) is 15.2. The molecule has 0 spiro atoms. The van der Waals surface area contributed by atoms with Crippen LogP contribution >= 0.6 is 11.3 Å². The summed E-state index contributed by atoms with van der Waals surface area (Å²) in [4.78, 5) is 27.4. The molecule has 1 saturated heterocycles. The van der Waals surface area contributed by atoms with Crippen LogP contribution in [0.1, 0.15) is 31.7 Å². The van der Waals surface area contributed by atoms with Crippen molar-refractivity contribution in [1.82, 2.24) is 20.2 Å². The van der Waals surface area contributed by atoms with Crippen LogP contribution < -0.4 is 10.2 Å². The van der Waals surface area contributed by atoms with Gasteiger partial charge in [0.15, 0.2) is 5.13 Å². The Bertz CT molecular complexity index is 935. The highest BCUT2D eigenvalue weighted by molar-refractivity contribution is 7.21. The summed E-state index contributed by atoms with van der Waals surface area (Å²) in [7, 11) is 0. The van der Waals surface area contributed by atoms with E-state index in [1.165, 1.54) is 5.56 Å². The van der Waals surface area contributed by atoms with E-state index in [-0.39, 0.29) is 11.8 Å². The zero-order chi connectivity index (χ0) is 21.5. The van der Waals surface area contributed by atoms with Crippen LogP contribution in [0.15, 0.2) is 48.7 Å². The van der Waals surface area contributed by atoms with E-state index in [0.717, 1.165) is 74.0 Å². The Labute approximate surface area is 188 Å². The molecule has 1 aliphatic rings. The number of hydrogen-bond acceptors (Lipinski definition) is 6. The number of piperidine rings is 1. The monoisotopic (exact) mass is 437 g/mol. The van der Waals surface area contributed by atoms with Gasteiger partial charge in [0.05, 0.1) is 0 Å². The second-order valence-electron chi connectivity index (χ2n) is 8.08. The van der Waals surface area contributed by atoms with Crippen molar-refractivity contribution in [2.24, 2.45) is 5.92 Å². The Kier molecular flexibility index (Phi) is 7.48. The molecule has 1 aromatic carbocycles. The van der Waals surface area contributed by atoms with Gasteiger partial charge in [-0.05, 0) is 43.5 Å². The summed E-state index contributed by atoms with van der Waals surface area (Å²) in [6.45, 7) is 7.66. The Morgan fingerprint density at radius 3 is 2.74 bits per heavy atom. The van der Waals surface area contributed by atoms with E-state index in [1.54, 1.807) is 11.3 Å². The lowest BCUT2D eigenvalue weighted by atomic mass is 9.96. The van der Waals surface area contributed by atoms with Crippen molar-refractivity contribution in [3.63, 3.8) is 0 Å². The molecule has 0 saturated carbocycles. The molecule has 1 aliphatic heterocycles. The molecule has 0 radical (unpaired) electrons. The zero-order valence-electron chi connectivity index (χ0n) is 18.2. The van der Waals surface area contributed by atoms with Crippen molar-refractivity contribution in [2.75, 3.05) is 37.6 Å². The third-order valence-corrected chi connectivity index (χ3v) is 6.98. The van der Waals surface area contributed by atoms with Gasteiger partial charge in [0.2, 0.25) is 5.91 Å². The predicted molar refractivity (Wildman–Crippen MR) is 127 cm³/mol. The van der Waals surface area contributed by atoms with Gasteiger partial charge in [-0.1, -0.05) is 48.6 Å². The molecule has 1 amide bonds. The van der Waals surface area contributed by atoms with Gasteiger partial charge in [-0.2, -0.15) is 0 Å². The molecule has 1 N–H and O–H groups in total. The number of amides is 1. The lowest BCUT2D eigenvalue weighted by Crippen LogP contribution is -2.41. The molecule has 7 heteroatoms. The van der Waals surface area contributed by atoms with E-state index in [2.05, 4.69) is 57.4 Å². The molecule has 3 aromatic rings. The second-order valence-corrected chi connectivity index (χ2v) is 9.04. The third-order valence-electron chi connectivity index (χ3n) is 5.94. The Morgan fingerprint density at radius 1 is 1.19 bits per heavy atom. The standard InChI is InChI=1S/C24H31N5OS/c1-2-28(18-19-8-4-3-5-9-19)15-7-14-25-22(30)20-11-16-29(17-12-20)24-27-21-10-6-13-26-23(21)31-24/h3-6,8-10,13,20H,2,7,11-12,14-18H2,1H3,(H,25,30). The fourth-order valence-electron chi connectivity index (χ4n) is 4.08. The first-order valence-electron chi connectivity index (χ1n) is 11.2. The van der Waals surface area contributed by atoms with Gasteiger partial charge in [0.1, 0.15) is 10.3 Å². The highest BCUT2D eigenvalue weighted by Gasteiger charge is 2.26. The van der Waals surface area contributed by atoms with E-state index in [0.29, 0.717) is 0 Å². The number of rotatable bonds is 9. The van der Waals surface area contributed by atoms with E-state index < -0.39 is 0 Å². The zero-order valence-corrected chi connectivity index (χ0v) is 19.0. The first kappa shape index (κ1) is 21.7. The molecule has 0 bridgehead atoms. The fourth-order valence-corrected chi connectivity index (χ4v) is 5.04. The van der Waals surface area contributed by atoms with Crippen molar-refractivity contribution in [3.05, 3.63) is 54.2 Å². The van der Waals surface area contributed by atoms with Crippen LogP contribution in [0, 0.1) is 5.92 Å². The van der Waals surface area contributed by atoms with Gasteiger partial charge in [-0.3, -0.25) is 9.69 Å². The van der Waals surface area contributed by atoms with Crippen molar-refractivity contribution in [3.8, 4) is 0 Å². The molecule has 0 aliphatic carbocycles. The van der Waals surface area contributed by atoms with Gasteiger partial charge < -0.3 is 10.2 Å². The van der Waals surface area contributed by atoms with Gasteiger partial charge in [0, 0.05) is 44.8 Å². The summed E-state index contributed by atoms with van der Waals surface area (Å²) >= 11 is 1.63. The number of nitrogens with one attached hydrogen (secondary N) is 1. The topological polar surface area (TPSA) is 61.4 Å². The number of aromatic nitrogens is 2. The average molecular weight is 438 g/mol. The van der Waals surface area contributed by atoms with Crippen LogP contribution in [0.5, 0.6) is 0 Å². The number of thiazole rings is 1. The van der Waals surface area contributed by atoms with Crippen LogP contribution in [0.2, 0.25) is 0 Å². The van der Waals surface area contributed by atoms with Crippen LogP contribution in [-0.4, -0.2) is 53.5 Å². The molecular formula is C24H31N5OS. The Morgan fingerprint density at radius 2 is 2.00 bits per heavy atom. The van der Waals surface area contributed by atoms with Crippen molar-refractivity contribution in [2.45, 2.75) is 32.7 Å². The SMILES string of the molecule is CCN(CCCNC(=O)C1CCN(c2nc3cccnc3s2)CC1)Cc1ccccc1. The lowest BCUT2D eigenvalue weighted by molar-refractivity contribution is -0.125. The molecule has 2 aromatic heterocycles. The molecular weight excluding hydrogens is 406 g/mol. The molecule has 4 rings (SSSR count). The summed E-state index contributed by atoms with van der Waals surface area (Å²) in [5.41, 5.74) is 2.29. The smallest absolute Gasteiger partial charge is 0.223 e. The van der Waals surface area contributed by atoms with Gasteiger partial charge in [-0.25, -0.2) is 9.97 Å². The number of pyridine rings is 1. The van der Waals surface area contributed by atoms with Crippen molar-refractivity contribution in [1.29, 1.82) is 0 Å². The number of carbonyl (C=O) groups excluding carboxylic acids is 1. The molecule has 0 atom stereocenters. The fraction of sp³-hybridized carbons (Fsp3) is 0.458. The average Bonchev–Trinajstić information content (AvgIpc) is 3.26. The highest BCUT2D eigenvalue weighted by Crippen LogP contribution is 2.30. The van der Waals surface area contributed by atoms with E-state index in [1.807, 2.05) is 18.3 Å². The summed E-state index contributed by atoms with van der Waals surface area (Å²) in [5.74, 6) is 0.312. The largest absolute Gasteiger partial charge is 0.356 e. The Hall–Kier alpha value is -2.51. The molecule has 3 heterocycles. The number of benzene rings is 1. The minimum Gasteiger partial charge on any atom is -0.356 e. The lowest BCUT2D eigenvalue weighted by Gasteiger charge is -2.31. The highest BCUT2D eigenvalue weighted by atomic mass is 32.1. The third kappa shape index (κ3) is 5.80. The van der Waals surface area contributed by atoms with Crippen LogP contribution in [0.3, 0.4) is 0 Å². The van der Waals surface area contributed by atoms with E-state index >= 15 is 0 Å². The van der Waals surface area contributed by atoms with Gasteiger partial charge >= 0.3 is 0 Å². The summed E-state index contributed by atoms with van der Waals surface area (Å²) in [6.07, 6.45) is 4.54. The minimum absolute atomic E-state index is 0.107. The Balaban J connectivity index is 1.17. The predicted octanol–water partition coefficient (Wildman–Crippen LogP) is 3.94. The maximum atomic E-state index is 12.6. The van der Waals surface area contributed by atoms with Crippen LogP contribution in [-0.2, 0) is 11.3 Å². The first-order valence-corrected chi connectivity index (χ1v) is 12.0. The molecule has 31 heavy (non-hydrogen) atoms. The van der Waals surface area contributed by atoms with Crippen LogP contribution in [0.25, 0.3) is 10.3 Å². The minimum atomic E-state index is 0.107. The number of anilines is 1. The normalized spacial score (nSPS) is 15.0. The number of hydrogen-bond donors (Lipinski definition) is 1.